The van der Waals surface area contributed by atoms with E-state index in [-0.39, 0.29) is 18.0 Å². The van der Waals surface area contributed by atoms with Crippen LogP contribution in [0.3, 0.4) is 0 Å². The molecule has 8 nitrogen and oxygen atoms in total. The molecule has 0 fully saturated rings. The number of rotatable bonds is 6. The molecule has 1 aromatic carbocycles. The average Bonchev–Trinajstić information content (AvgIpc) is 3.11. The minimum Gasteiger partial charge on any atom is -0.480 e. The molecule has 0 saturated heterocycles. The molecule has 3 rings (SSSR count). The van der Waals surface area contributed by atoms with Crippen LogP contribution in [-0.4, -0.2) is 34.5 Å². The smallest absolute Gasteiger partial charge is 0.325 e. The lowest BCUT2D eigenvalue weighted by Gasteiger charge is -2.04. The van der Waals surface area contributed by atoms with E-state index in [0.29, 0.717) is 16.1 Å². The summed E-state index contributed by atoms with van der Waals surface area (Å²) in [5.41, 5.74) is 0.317. The molecule has 2 heterocycles. The molecular formula is C13H11ClN4O4S2. The highest BCUT2D eigenvalue weighted by Gasteiger charge is 2.19. The third kappa shape index (κ3) is 3.56. The molecule has 0 bridgehead atoms. The summed E-state index contributed by atoms with van der Waals surface area (Å²) in [7, 11) is -3.76. The number of aliphatic carboxylic acids is 1. The molecule has 24 heavy (non-hydrogen) atoms. The standard InChI is InChI=1S/C13H11ClN4O4S2/c14-8-1-2-11-10(3-8)12(7-23-11)24(21,22)15-4-9-5-18(17-16-9)6-13(19)20/h1-3,5,7,15H,4,6H2,(H,19,20). The van der Waals surface area contributed by atoms with Crippen LogP contribution in [0.2, 0.25) is 5.02 Å². The molecule has 0 amide bonds. The molecule has 0 radical (unpaired) electrons. The van der Waals surface area contributed by atoms with Crippen LogP contribution in [0, 0.1) is 0 Å². The monoisotopic (exact) mass is 386 g/mol. The number of nitrogens with zero attached hydrogens (tertiary/aromatic N) is 3. The third-order valence-corrected chi connectivity index (χ3v) is 5.91. The number of aromatic nitrogens is 3. The van der Waals surface area contributed by atoms with E-state index < -0.39 is 16.0 Å². The maximum atomic E-state index is 12.5. The van der Waals surface area contributed by atoms with Crippen LogP contribution in [0.4, 0.5) is 0 Å². The first-order valence-corrected chi connectivity index (χ1v) is 9.36. The Morgan fingerprint density at radius 2 is 2.21 bits per heavy atom. The fraction of sp³-hybridized carbons (Fsp3) is 0.154. The van der Waals surface area contributed by atoms with Crippen molar-refractivity contribution in [2.75, 3.05) is 0 Å². The van der Waals surface area contributed by atoms with Crippen molar-refractivity contribution in [2.24, 2.45) is 0 Å². The van der Waals surface area contributed by atoms with Crippen LogP contribution >= 0.6 is 22.9 Å². The Morgan fingerprint density at radius 3 is 2.96 bits per heavy atom. The molecule has 0 unspecified atom stereocenters. The van der Waals surface area contributed by atoms with Crippen molar-refractivity contribution in [1.29, 1.82) is 0 Å². The Hall–Kier alpha value is -2.01. The van der Waals surface area contributed by atoms with Crippen LogP contribution in [0.1, 0.15) is 5.69 Å². The van der Waals surface area contributed by atoms with Crippen molar-refractivity contribution in [3.05, 3.63) is 40.5 Å². The number of carboxylic acid groups (broad SMARTS) is 1. The van der Waals surface area contributed by atoms with Crippen molar-refractivity contribution in [1.82, 2.24) is 19.7 Å². The molecule has 0 spiro atoms. The van der Waals surface area contributed by atoms with Crippen LogP contribution in [0.5, 0.6) is 0 Å². The van der Waals surface area contributed by atoms with Crippen molar-refractivity contribution in [2.45, 2.75) is 18.0 Å². The number of carboxylic acids is 1. The topological polar surface area (TPSA) is 114 Å². The molecule has 2 N–H and O–H groups in total. The van der Waals surface area contributed by atoms with E-state index in [2.05, 4.69) is 15.0 Å². The minimum absolute atomic E-state index is 0.0974. The first-order valence-electron chi connectivity index (χ1n) is 6.62. The highest BCUT2D eigenvalue weighted by Crippen LogP contribution is 2.31. The van der Waals surface area contributed by atoms with Gasteiger partial charge in [-0.2, -0.15) is 0 Å². The number of benzene rings is 1. The number of hydrogen-bond donors (Lipinski definition) is 2. The second-order valence-electron chi connectivity index (χ2n) is 4.87. The lowest BCUT2D eigenvalue weighted by molar-refractivity contribution is -0.137. The van der Waals surface area contributed by atoms with Gasteiger partial charge in [0.1, 0.15) is 11.4 Å². The average molecular weight is 387 g/mol. The van der Waals surface area contributed by atoms with E-state index in [1.165, 1.54) is 17.5 Å². The third-order valence-electron chi connectivity index (χ3n) is 3.12. The number of hydrogen-bond acceptors (Lipinski definition) is 6. The number of halogens is 1. The first-order chi connectivity index (χ1) is 11.3. The van der Waals surface area contributed by atoms with E-state index in [4.69, 9.17) is 16.7 Å². The predicted molar refractivity (Wildman–Crippen MR) is 88.5 cm³/mol. The Bertz CT molecular complexity index is 1010. The van der Waals surface area contributed by atoms with E-state index in [1.807, 2.05) is 0 Å². The lowest BCUT2D eigenvalue weighted by Crippen LogP contribution is -2.23. The number of carbonyl (C=O) groups is 1. The van der Waals surface area contributed by atoms with Gasteiger partial charge in [0.05, 0.1) is 18.4 Å². The molecular weight excluding hydrogens is 376 g/mol. The second-order valence-corrected chi connectivity index (χ2v) is 7.95. The number of nitrogens with one attached hydrogen (secondary N) is 1. The minimum atomic E-state index is -3.76. The van der Waals surface area contributed by atoms with Gasteiger partial charge in [0.25, 0.3) is 0 Å². The van der Waals surface area contributed by atoms with Crippen LogP contribution in [0.15, 0.2) is 34.7 Å². The molecule has 0 aliphatic heterocycles. The summed E-state index contributed by atoms with van der Waals surface area (Å²) < 4.78 is 29.3. The van der Waals surface area contributed by atoms with E-state index in [0.717, 1.165) is 9.38 Å². The quantitative estimate of drug-likeness (QED) is 0.666. The van der Waals surface area contributed by atoms with Gasteiger partial charge < -0.3 is 5.11 Å². The van der Waals surface area contributed by atoms with Gasteiger partial charge in [0.15, 0.2) is 0 Å². The highest BCUT2D eigenvalue weighted by molar-refractivity contribution is 7.89. The predicted octanol–water partition coefficient (Wildman–Crippen LogP) is 1.71. The van der Waals surface area contributed by atoms with Crippen molar-refractivity contribution in [3.8, 4) is 0 Å². The van der Waals surface area contributed by atoms with Crippen molar-refractivity contribution >= 4 is 49.0 Å². The summed E-state index contributed by atoms with van der Waals surface area (Å²) in [6, 6.07) is 5.06. The zero-order valence-electron chi connectivity index (χ0n) is 12.0. The number of sulfonamides is 1. The van der Waals surface area contributed by atoms with Gasteiger partial charge in [-0.05, 0) is 18.2 Å². The van der Waals surface area contributed by atoms with Gasteiger partial charge in [-0.1, -0.05) is 16.8 Å². The van der Waals surface area contributed by atoms with Crippen molar-refractivity contribution in [3.63, 3.8) is 0 Å². The fourth-order valence-electron chi connectivity index (χ4n) is 2.07. The summed E-state index contributed by atoms with van der Waals surface area (Å²) in [5, 5.41) is 18.6. The summed E-state index contributed by atoms with van der Waals surface area (Å²) in [6.07, 6.45) is 1.37. The molecule has 0 saturated carbocycles. The maximum absolute atomic E-state index is 12.5. The Kier molecular flexibility index (Phi) is 4.54. The summed E-state index contributed by atoms with van der Waals surface area (Å²) in [6.45, 7) is -0.437. The van der Waals surface area contributed by atoms with E-state index >= 15 is 0 Å². The highest BCUT2D eigenvalue weighted by atomic mass is 35.5. The van der Waals surface area contributed by atoms with Gasteiger partial charge in [0.2, 0.25) is 10.0 Å². The lowest BCUT2D eigenvalue weighted by atomic mass is 10.3. The molecule has 0 atom stereocenters. The largest absolute Gasteiger partial charge is 0.480 e. The number of thiophene rings is 1. The Morgan fingerprint density at radius 1 is 1.42 bits per heavy atom. The summed E-state index contributed by atoms with van der Waals surface area (Å²) in [4.78, 5) is 10.7. The van der Waals surface area contributed by atoms with Gasteiger partial charge in [-0.3, -0.25) is 4.79 Å². The fourth-order valence-corrected chi connectivity index (χ4v) is 4.71. The zero-order chi connectivity index (χ0) is 17.3. The van der Waals surface area contributed by atoms with Crippen LogP contribution < -0.4 is 4.72 Å². The second kappa shape index (κ2) is 6.48. The first kappa shape index (κ1) is 16.8. The van der Waals surface area contributed by atoms with Crippen LogP contribution in [0.25, 0.3) is 10.1 Å². The SMILES string of the molecule is O=C(O)Cn1cc(CNS(=O)(=O)c2csc3ccc(Cl)cc23)nn1. The van der Waals surface area contributed by atoms with E-state index in [9.17, 15) is 13.2 Å². The Balaban J connectivity index is 1.79. The molecule has 0 aliphatic rings. The zero-order valence-corrected chi connectivity index (χ0v) is 14.4. The molecule has 126 valence electrons. The van der Waals surface area contributed by atoms with Gasteiger partial charge in [-0.15, -0.1) is 16.4 Å². The van der Waals surface area contributed by atoms with E-state index in [1.54, 1.807) is 23.6 Å². The Labute approximate surface area is 145 Å². The molecule has 2 aromatic heterocycles. The molecule has 3 aromatic rings. The van der Waals surface area contributed by atoms with Gasteiger partial charge >= 0.3 is 5.97 Å². The molecule has 0 aliphatic carbocycles. The van der Waals surface area contributed by atoms with Gasteiger partial charge in [-0.25, -0.2) is 17.8 Å². The maximum Gasteiger partial charge on any atom is 0.325 e. The molecule has 11 heteroatoms. The van der Waals surface area contributed by atoms with Crippen molar-refractivity contribution < 1.29 is 18.3 Å². The summed E-state index contributed by atoms with van der Waals surface area (Å²) >= 11 is 7.24. The van der Waals surface area contributed by atoms with Gasteiger partial charge in [0, 0.05) is 20.5 Å². The summed E-state index contributed by atoms with van der Waals surface area (Å²) in [5.74, 6) is -1.06. The number of fused-ring (bicyclic) bond motifs is 1. The van der Waals surface area contributed by atoms with Crippen LogP contribution in [-0.2, 0) is 27.9 Å². The normalized spacial score (nSPS) is 11.9.